The Morgan fingerprint density at radius 1 is 0.889 bits per heavy atom. The molecule has 0 atom stereocenters. The van der Waals surface area contributed by atoms with Crippen LogP contribution in [0.3, 0.4) is 0 Å². The van der Waals surface area contributed by atoms with Crippen LogP contribution >= 0.6 is 11.6 Å². The lowest BCUT2D eigenvalue weighted by Crippen LogP contribution is -2.01. The summed E-state index contributed by atoms with van der Waals surface area (Å²) in [6, 6.07) is 18.5. The monoisotopic (exact) mass is 259 g/mol. The van der Waals surface area contributed by atoms with E-state index in [1.165, 1.54) is 18.4 Å². The molecule has 0 unspecified atom stereocenters. The molecule has 1 nitrogen and oxygen atoms in total. The van der Waals surface area contributed by atoms with Crippen LogP contribution in [0.1, 0.15) is 18.4 Å². The highest BCUT2D eigenvalue weighted by atomic mass is 35.5. The number of rotatable bonds is 6. The Kier molecular flexibility index (Phi) is 5.10. The molecule has 94 valence electrons. The van der Waals surface area contributed by atoms with E-state index < -0.39 is 0 Å². The van der Waals surface area contributed by atoms with Crippen molar-refractivity contribution < 1.29 is 0 Å². The zero-order valence-electron chi connectivity index (χ0n) is 10.4. The molecule has 18 heavy (non-hydrogen) atoms. The predicted octanol–water partition coefficient (Wildman–Crippen LogP) is 4.77. The van der Waals surface area contributed by atoms with Gasteiger partial charge in [0.05, 0.1) is 0 Å². The summed E-state index contributed by atoms with van der Waals surface area (Å²) in [7, 11) is 0. The van der Waals surface area contributed by atoms with Crippen LogP contribution in [-0.2, 0) is 6.42 Å². The normalized spacial score (nSPS) is 10.3. The third-order valence-electron chi connectivity index (χ3n) is 2.89. The minimum absolute atomic E-state index is 0.782. The quantitative estimate of drug-likeness (QED) is 0.737. The van der Waals surface area contributed by atoms with E-state index in [4.69, 9.17) is 11.6 Å². The van der Waals surface area contributed by atoms with Crippen molar-refractivity contribution in [3.63, 3.8) is 0 Å². The fourth-order valence-electron chi connectivity index (χ4n) is 1.93. The molecular formula is C16H18ClN. The highest BCUT2D eigenvalue weighted by Gasteiger charge is 1.94. The van der Waals surface area contributed by atoms with E-state index in [-0.39, 0.29) is 0 Å². The standard InChI is InChI=1S/C16H18ClN/c17-15-10-6-11-16(13-15)18-12-5-4-9-14-7-2-1-3-8-14/h1-3,6-8,10-11,13,18H,4-5,9,12H2. The van der Waals surface area contributed by atoms with Gasteiger partial charge in [-0.05, 0) is 43.0 Å². The van der Waals surface area contributed by atoms with Crippen molar-refractivity contribution in [3.05, 3.63) is 65.2 Å². The molecule has 0 aromatic heterocycles. The SMILES string of the molecule is Clc1cccc(NCCCCc2ccccc2)c1. The summed E-state index contributed by atoms with van der Waals surface area (Å²) in [5.41, 5.74) is 2.52. The van der Waals surface area contributed by atoms with Gasteiger partial charge in [-0.25, -0.2) is 0 Å². The second-order valence-corrected chi connectivity index (χ2v) is 4.82. The second kappa shape index (κ2) is 7.07. The average Bonchev–Trinajstić information content (AvgIpc) is 2.40. The van der Waals surface area contributed by atoms with E-state index >= 15 is 0 Å². The Balaban J connectivity index is 1.65. The first-order valence-electron chi connectivity index (χ1n) is 6.38. The van der Waals surface area contributed by atoms with Crippen LogP contribution in [0, 0.1) is 0 Å². The van der Waals surface area contributed by atoms with Crippen LogP contribution in [0.2, 0.25) is 5.02 Å². The molecule has 0 fully saturated rings. The summed E-state index contributed by atoms with van der Waals surface area (Å²) in [5.74, 6) is 0. The molecule has 2 heteroatoms. The maximum Gasteiger partial charge on any atom is 0.0426 e. The Labute approximate surface area is 114 Å². The van der Waals surface area contributed by atoms with Crippen LogP contribution in [0.15, 0.2) is 54.6 Å². The van der Waals surface area contributed by atoms with Gasteiger partial charge in [-0.15, -0.1) is 0 Å². The van der Waals surface area contributed by atoms with Crippen LogP contribution in [0.4, 0.5) is 5.69 Å². The number of halogens is 1. The van der Waals surface area contributed by atoms with Crippen LogP contribution < -0.4 is 5.32 Å². The molecule has 0 saturated heterocycles. The molecule has 0 saturated carbocycles. The first-order valence-corrected chi connectivity index (χ1v) is 6.76. The Morgan fingerprint density at radius 3 is 2.50 bits per heavy atom. The van der Waals surface area contributed by atoms with Gasteiger partial charge in [0, 0.05) is 17.3 Å². The topological polar surface area (TPSA) is 12.0 Å². The number of anilines is 1. The summed E-state index contributed by atoms with van der Waals surface area (Å²) < 4.78 is 0. The molecule has 0 radical (unpaired) electrons. The summed E-state index contributed by atoms with van der Waals surface area (Å²) in [6.45, 7) is 0.993. The second-order valence-electron chi connectivity index (χ2n) is 4.38. The highest BCUT2D eigenvalue weighted by Crippen LogP contribution is 2.15. The number of hydrogen-bond donors (Lipinski definition) is 1. The maximum absolute atomic E-state index is 5.92. The molecule has 0 spiro atoms. The minimum atomic E-state index is 0.782. The maximum atomic E-state index is 5.92. The third-order valence-corrected chi connectivity index (χ3v) is 3.12. The summed E-state index contributed by atoms with van der Waals surface area (Å²) in [4.78, 5) is 0. The first-order chi connectivity index (χ1) is 8.84. The fourth-order valence-corrected chi connectivity index (χ4v) is 2.12. The Bertz CT molecular complexity index is 468. The molecule has 0 amide bonds. The van der Waals surface area contributed by atoms with Crippen molar-refractivity contribution in [2.75, 3.05) is 11.9 Å². The van der Waals surface area contributed by atoms with E-state index in [2.05, 4.69) is 35.6 Å². The van der Waals surface area contributed by atoms with E-state index in [1.807, 2.05) is 24.3 Å². The van der Waals surface area contributed by atoms with Crippen LogP contribution in [0.5, 0.6) is 0 Å². The van der Waals surface area contributed by atoms with Gasteiger partial charge in [0.15, 0.2) is 0 Å². The zero-order valence-corrected chi connectivity index (χ0v) is 11.2. The zero-order chi connectivity index (χ0) is 12.6. The molecule has 1 N–H and O–H groups in total. The summed E-state index contributed by atoms with van der Waals surface area (Å²) >= 11 is 5.92. The number of benzene rings is 2. The number of hydrogen-bond acceptors (Lipinski definition) is 1. The first kappa shape index (κ1) is 13.0. The molecule has 0 bridgehead atoms. The number of nitrogens with one attached hydrogen (secondary N) is 1. The van der Waals surface area contributed by atoms with Crippen molar-refractivity contribution in [1.82, 2.24) is 0 Å². The van der Waals surface area contributed by atoms with Gasteiger partial charge in [-0.1, -0.05) is 48.0 Å². The molecule has 2 rings (SSSR count). The lowest BCUT2D eigenvalue weighted by Gasteiger charge is -2.06. The van der Waals surface area contributed by atoms with Crippen molar-refractivity contribution in [1.29, 1.82) is 0 Å². The fraction of sp³-hybridized carbons (Fsp3) is 0.250. The van der Waals surface area contributed by atoms with Gasteiger partial charge in [0.1, 0.15) is 0 Å². The molecule has 2 aromatic rings. The van der Waals surface area contributed by atoms with E-state index in [9.17, 15) is 0 Å². The van der Waals surface area contributed by atoms with Gasteiger partial charge >= 0.3 is 0 Å². The van der Waals surface area contributed by atoms with E-state index in [0.29, 0.717) is 0 Å². The molecule has 0 heterocycles. The minimum Gasteiger partial charge on any atom is -0.385 e. The smallest absolute Gasteiger partial charge is 0.0426 e. The molecule has 0 aliphatic heterocycles. The number of aryl methyl sites for hydroxylation is 1. The van der Waals surface area contributed by atoms with Crippen molar-refractivity contribution in [3.8, 4) is 0 Å². The molecule has 0 aliphatic rings. The Morgan fingerprint density at radius 2 is 1.72 bits per heavy atom. The van der Waals surface area contributed by atoms with E-state index in [0.717, 1.165) is 23.7 Å². The van der Waals surface area contributed by atoms with Crippen molar-refractivity contribution >= 4 is 17.3 Å². The van der Waals surface area contributed by atoms with Gasteiger partial charge in [-0.3, -0.25) is 0 Å². The molecular weight excluding hydrogens is 242 g/mol. The lowest BCUT2D eigenvalue weighted by atomic mass is 10.1. The molecule has 2 aromatic carbocycles. The van der Waals surface area contributed by atoms with Crippen LogP contribution in [0.25, 0.3) is 0 Å². The summed E-state index contributed by atoms with van der Waals surface area (Å²) in [5, 5.41) is 4.17. The number of unbranched alkanes of at least 4 members (excludes halogenated alkanes) is 1. The third kappa shape index (κ3) is 4.42. The van der Waals surface area contributed by atoms with Crippen molar-refractivity contribution in [2.24, 2.45) is 0 Å². The van der Waals surface area contributed by atoms with Gasteiger partial charge in [-0.2, -0.15) is 0 Å². The van der Waals surface area contributed by atoms with Gasteiger partial charge in [0.25, 0.3) is 0 Å². The van der Waals surface area contributed by atoms with Crippen LogP contribution in [-0.4, -0.2) is 6.54 Å². The Hall–Kier alpha value is -1.47. The lowest BCUT2D eigenvalue weighted by molar-refractivity contribution is 0.763. The molecule has 0 aliphatic carbocycles. The highest BCUT2D eigenvalue weighted by molar-refractivity contribution is 6.30. The van der Waals surface area contributed by atoms with E-state index in [1.54, 1.807) is 0 Å². The predicted molar refractivity (Wildman–Crippen MR) is 79.3 cm³/mol. The largest absolute Gasteiger partial charge is 0.385 e. The summed E-state index contributed by atoms with van der Waals surface area (Å²) in [6.07, 6.45) is 3.52. The van der Waals surface area contributed by atoms with Gasteiger partial charge in [0.2, 0.25) is 0 Å². The average molecular weight is 260 g/mol. The van der Waals surface area contributed by atoms with Crippen molar-refractivity contribution in [2.45, 2.75) is 19.3 Å². The van der Waals surface area contributed by atoms with Gasteiger partial charge < -0.3 is 5.32 Å².